The number of piperazine rings is 1. The summed E-state index contributed by atoms with van der Waals surface area (Å²) in [6, 6.07) is 0. The van der Waals surface area contributed by atoms with Crippen LogP contribution in [0.1, 0.15) is 19.3 Å². The van der Waals surface area contributed by atoms with Crippen molar-refractivity contribution in [2.45, 2.75) is 19.3 Å². The van der Waals surface area contributed by atoms with Gasteiger partial charge in [0.2, 0.25) is 15.9 Å². The summed E-state index contributed by atoms with van der Waals surface area (Å²) in [7, 11) is -3.52. The number of carboxylic acid groups (broad SMARTS) is 1. The summed E-state index contributed by atoms with van der Waals surface area (Å²) in [6.45, 7) is 1.34. The topological polar surface area (TPSA) is 95.0 Å². The second-order valence-electron chi connectivity index (χ2n) is 4.96. The molecule has 1 heterocycles. The molecule has 0 bridgehead atoms. The molecular weight excluding hydrogens is 272 g/mol. The average Bonchev–Trinajstić information content (AvgIpc) is 3.20. The molecule has 1 aliphatic heterocycles. The minimum absolute atomic E-state index is 0.127. The van der Waals surface area contributed by atoms with E-state index in [1.807, 2.05) is 0 Å². The molecule has 0 unspecified atom stereocenters. The largest absolute Gasteiger partial charge is 0.481 e. The van der Waals surface area contributed by atoms with Crippen LogP contribution in [0.15, 0.2) is 0 Å². The van der Waals surface area contributed by atoms with Crippen LogP contribution in [0.2, 0.25) is 0 Å². The second kappa shape index (κ2) is 5.46. The van der Waals surface area contributed by atoms with Gasteiger partial charge in [0.1, 0.15) is 0 Å². The Labute approximate surface area is 112 Å². The second-order valence-corrected chi connectivity index (χ2v) is 7.05. The summed E-state index contributed by atoms with van der Waals surface area (Å²) in [5.41, 5.74) is 0. The third-order valence-electron chi connectivity index (χ3n) is 3.44. The van der Waals surface area contributed by atoms with E-state index in [-0.39, 0.29) is 37.1 Å². The van der Waals surface area contributed by atoms with E-state index in [0.717, 1.165) is 12.8 Å². The van der Waals surface area contributed by atoms with E-state index in [4.69, 9.17) is 5.11 Å². The highest BCUT2D eigenvalue weighted by molar-refractivity contribution is 7.89. The highest BCUT2D eigenvalue weighted by Crippen LogP contribution is 2.31. The SMILES string of the molecule is O=C(O)CCS(=O)(=O)N1CCN(C(=O)C2CC2)CC1. The maximum absolute atomic E-state index is 11.9. The Morgan fingerprint density at radius 1 is 1.11 bits per heavy atom. The Morgan fingerprint density at radius 3 is 2.16 bits per heavy atom. The first-order valence-corrected chi connectivity index (χ1v) is 7.99. The molecule has 0 spiro atoms. The lowest BCUT2D eigenvalue weighted by Gasteiger charge is -2.34. The monoisotopic (exact) mass is 290 g/mol. The predicted octanol–water partition coefficient (Wildman–Crippen LogP) is -0.655. The van der Waals surface area contributed by atoms with Gasteiger partial charge in [0.25, 0.3) is 0 Å². The van der Waals surface area contributed by atoms with Gasteiger partial charge in [0, 0.05) is 32.1 Å². The van der Waals surface area contributed by atoms with Crippen LogP contribution >= 0.6 is 0 Å². The fraction of sp³-hybridized carbons (Fsp3) is 0.818. The Kier molecular flexibility index (Phi) is 4.10. The fourth-order valence-electron chi connectivity index (χ4n) is 2.12. The van der Waals surface area contributed by atoms with Gasteiger partial charge in [-0.25, -0.2) is 8.42 Å². The van der Waals surface area contributed by atoms with Gasteiger partial charge >= 0.3 is 5.97 Å². The van der Waals surface area contributed by atoms with Crippen molar-refractivity contribution in [3.63, 3.8) is 0 Å². The molecule has 0 aromatic heterocycles. The zero-order valence-corrected chi connectivity index (χ0v) is 11.4. The molecule has 2 fully saturated rings. The number of carboxylic acids is 1. The van der Waals surface area contributed by atoms with Crippen LogP contribution in [0.25, 0.3) is 0 Å². The minimum Gasteiger partial charge on any atom is -0.481 e. The number of rotatable bonds is 5. The van der Waals surface area contributed by atoms with Gasteiger partial charge in [-0.1, -0.05) is 0 Å². The molecule has 2 rings (SSSR count). The molecule has 19 heavy (non-hydrogen) atoms. The van der Waals surface area contributed by atoms with Gasteiger partial charge in [-0.3, -0.25) is 9.59 Å². The van der Waals surface area contributed by atoms with E-state index in [1.165, 1.54) is 4.31 Å². The predicted molar refractivity (Wildman–Crippen MR) is 66.9 cm³/mol. The first-order chi connectivity index (χ1) is 8.90. The maximum atomic E-state index is 11.9. The van der Waals surface area contributed by atoms with Gasteiger partial charge < -0.3 is 10.0 Å². The molecule has 7 nitrogen and oxygen atoms in total. The Balaban J connectivity index is 1.84. The van der Waals surface area contributed by atoms with E-state index in [2.05, 4.69) is 0 Å². The highest BCUT2D eigenvalue weighted by atomic mass is 32.2. The number of amides is 1. The highest BCUT2D eigenvalue weighted by Gasteiger charge is 2.36. The maximum Gasteiger partial charge on any atom is 0.304 e. The number of sulfonamides is 1. The summed E-state index contributed by atoms with van der Waals surface area (Å²) >= 11 is 0. The first-order valence-electron chi connectivity index (χ1n) is 6.38. The van der Waals surface area contributed by atoms with Gasteiger partial charge in [-0.2, -0.15) is 4.31 Å². The number of nitrogens with zero attached hydrogens (tertiary/aromatic N) is 2. The third-order valence-corrected chi connectivity index (χ3v) is 5.32. The molecule has 0 radical (unpaired) electrons. The summed E-state index contributed by atoms with van der Waals surface area (Å²) < 4.78 is 25.0. The summed E-state index contributed by atoms with van der Waals surface area (Å²) in [5, 5.41) is 8.52. The normalized spacial score (nSPS) is 21.4. The summed E-state index contributed by atoms with van der Waals surface area (Å²) in [6.07, 6.45) is 1.50. The molecule has 0 aromatic rings. The van der Waals surface area contributed by atoms with Crippen LogP contribution in [0.3, 0.4) is 0 Å². The summed E-state index contributed by atoms with van der Waals surface area (Å²) in [4.78, 5) is 23.9. The van der Waals surface area contributed by atoms with Crippen LogP contribution in [0, 0.1) is 5.92 Å². The van der Waals surface area contributed by atoms with Crippen molar-refractivity contribution in [2.24, 2.45) is 5.92 Å². The van der Waals surface area contributed by atoms with Crippen LogP contribution in [0.4, 0.5) is 0 Å². The fourth-order valence-corrected chi connectivity index (χ4v) is 3.53. The number of aliphatic carboxylic acids is 1. The minimum atomic E-state index is -3.52. The molecule has 2 aliphatic rings. The number of hydrogen-bond donors (Lipinski definition) is 1. The molecule has 108 valence electrons. The number of carbonyl (C=O) groups excluding carboxylic acids is 1. The molecule has 0 aromatic carbocycles. The van der Waals surface area contributed by atoms with Gasteiger partial charge in [0.05, 0.1) is 12.2 Å². The average molecular weight is 290 g/mol. The van der Waals surface area contributed by atoms with Crippen molar-refractivity contribution in [1.82, 2.24) is 9.21 Å². The van der Waals surface area contributed by atoms with Crippen molar-refractivity contribution in [3.05, 3.63) is 0 Å². The van der Waals surface area contributed by atoms with Gasteiger partial charge in [0.15, 0.2) is 0 Å². The van der Waals surface area contributed by atoms with Gasteiger partial charge in [-0.05, 0) is 12.8 Å². The molecule has 1 saturated carbocycles. The standard InChI is InChI=1S/C11H18N2O5S/c14-10(15)3-8-19(17,18)13-6-4-12(5-7-13)11(16)9-1-2-9/h9H,1-8H2,(H,14,15). The zero-order valence-electron chi connectivity index (χ0n) is 10.6. The van der Waals surface area contributed by atoms with Gasteiger partial charge in [-0.15, -0.1) is 0 Å². The van der Waals surface area contributed by atoms with Crippen molar-refractivity contribution in [1.29, 1.82) is 0 Å². The van der Waals surface area contributed by atoms with E-state index in [0.29, 0.717) is 13.1 Å². The molecule has 1 amide bonds. The molecular formula is C11H18N2O5S. The smallest absolute Gasteiger partial charge is 0.304 e. The molecule has 1 aliphatic carbocycles. The first kappa shape index (κ1) is 14.3. The lowest BCUT2D eigenvalue weighted by Crippen LogP contribution is -2.51. The number of carbonyl (C=O) groups is 2. The van der Waals surface area contributed by atoms with Crippen molar-refractivity contribution >= 4 is 21.9 Å². The van der Waals surface area contributed by atoms with E-state index in [9.17, 15) is 18.0 Å². The lowest BCUT2D eigenvalue weighted by atomic mass is 10.3. The van der Waals surface area contributed by atoms with Crippen molar-refractivity contribution in [2.75, 3.05) is 31.9 Å². The van der Waals surface area contributed by atoms with Crippen molar-refractivity contribution < 1.29 is 23.1 Å². The van der Waals surface area contributed by atoms with Crippen LogP contribution < -0.4 is 0 Å². The van der Waals surface area contributed by atoms with Crippen LogP contribution in [-0.4, -0.2) is 66.5 Å². The Bertz CT molecular complexity index is 463. The molecule has 0 atom stereocenters. The van der Waals surface area contributed by atoms with E-state index in [1.54, 1.807) is 4.90 Å². The van der Waals surface area contributed by atoms with Crippen LogP contribution in [-0.2, 0) is 19.6 Å². The Hall–Kier alpha value is -1.15. The quantitative estimate of drug-likeness (QED) is 0.725. The van der Waals surface area contributed by atoms with Crippen molar-refractivity contribution in [3.8, 4) is 0 Å². The van der Waals surface area contributed by atoms with Crippen LogP contribution in [0.5, 0.6) is 0 Å². The summed E-state index contributed by atoms with van der Waals surface area (Å²) in [5.74, 6) is -1.22. The van der Waals surface area contributed by atoms with E-state index < -0.39 is 16.0 Å². The Morgan fingerprint density at radius 2 is 1.68 bits per heavy atom. The zero-order chi connectivity index (χ0) is 14.0. The van der Waals surface area contributed by atoms with E-state index >= 15 is 0 Å². The molecule has 1 N–H and O–H groups in total. The third kappa shape index (κ3) is 3.66. The number of hydrogen-bond acceptors (Lipinski definition) is 4. The lowest BCUT2D eigenvalue weighted by molar-refractivity contribution is -0.136. The molecule has 1 saturated heterocycles. The molecule has 8 heteroatoms.